The molecule has 2 amide bonds. The third-order valence-corrected chi connectivity index (χ3v) is 3.95. The SMILES string of the molecule is Cc1nc(CNC(=O)N[C@@H](C)c2ccc(OCC3CC3)c(F)c2)no1. The molecule has 1 aliphatic carbocycles. The van der Waals surface area contributed by atoms with Gasteiger partial charge in [-0.1, -0.05) is 11.2 Å². The number of halogens is 1. The van der Waals surface area contributed by atoms with Crippen molar-refractivity contribution in [2.24, 2.45) is 5.92 Å². The van der Waals surface area contributed by atoms with E-state index < -0.39 is 11.8 Å². The van der Waals surface area contributed by atoms with Gasteiger partial charge in [-0.05, 0) is 43.4 Å². The maximum absolute atomic E-state index is 14.1. The number of carbonyl (C=O) groups is 1. The van der Waals surface area contributed by atoms with Crippen LogP contribution in [0.1, 0.15) is 43.1 Å². The van der Waals surface area contributed by atoms with E-state index in [9.17, 15) is 9.18 Å². The minimum atomic E-state index is -0.422. The summed E-state index contributed by atoms with van der Waals surface area (Å²) in [5.74, 6) is 1.22. The van der Waals surface area contributed by atoms with Crippen LogP contribution in [0.2, 0.25) is 0 Å². The highest BCUT2D eigenvalue weighted by molar-refractivity contribution is 5.74. The first-order valence-electron chi connectivity index (χ1n) is 8.27. The smallest absolute Gasteiger partial charge is 0.315 e. The molecule has 1 fully saturated rings. The van der Waals surface area contributed by atoms with E-state index >= 15 is 0 Å². The van der Waals surface area contributed by atoms with Crippen LogP contribution in [0.25, 0.3) is 0 Å². The van der Waals surface area contributed by atoms with Gasteiger partial charge in [0.25, 0.3) is 0 Å². The Bertz CT molecular complexity index is 745. The van der Waals surface area contributed by atoms with Gasteiger partial charge in [-0.15, -0.1) is 0 Å². The van der Waals surface area contributed by atoms with Crippen molar-refractivity contribution in [1.29, 1.82) is 0 Å². The van der Waals surface area contributed by atoms with Crippen LogP contribution in [0.15, 0.2) is 22.7 Å². The molecule has 7 nitrogen and oxygen atoms in total. The Kier molecular flexibility index (Phi) is 5.16. The van der Waals surface area contributed by atoms with E-state index in [1.54, 1.807) is 26.0 Å². The Labute approximate surface area is 144 Å². The quantitative estimate of drug-likeness (QED) is 0.803. The first-order valence-corrected chi connectivity index (χ1v) is 8.27. The van der Waals surface area contributed by atoms with E-state index in [2.05, 4.69) is 20.8 Å². The van der Waals surface area contributed by atoms with E-state index in [1.165, 1.54) is 6.07 Å². The summed E-state index contributed by atoms with van der Waals surface area (Å²) in [6.45, 7) is 4.16. The summed E-state index contributed by atoms with van der Waals surface area (Å²) in [6, 6.07) is 3.98. The molecule has 0 bridgehead atoms. The van der Waals surface area contributed by atoms with Crippen molar-refractivity contribution in [2.45, 2.75) is 39.3 Å². The summed E-state index contributed by atoms with van der Waals surface area (Å²) >= 11 is 0. The lowest BCUT2D eigenvalue weighted by atomic mass is 10.1. The third-order valence-electron chi connectivity index (χ3n) is 3.95. The van der Waals surface area contributed by atoms with Crippen molar-refractivity contribution in [1.82, 2.24) is 20.8 Å². The van der Waals surface area contributed by atoms with Crippen LogP contribution in [-0.2, 0) is 6.54 Å². The summed E-state index contributed by atoms with van der Waals surface area (Å²) < 4.78 is 24.4. The number of hydrogen-bond donors (Lipinski definition) is 2. The van der Waals surface area contributed by atoms with Crippen molar-refractivity contribution >= 4 is 6.03 Å². The number of benzene rings is 1. The van der Waals surface area contributed by atoms with Crippen molar-refractivity contribution < 1.29 is 18.4 Å². The highest BCUT2D eigenvalue weighted by Crippen LogP contribution is 2.30. The topological polar surface area (TPSA) is 89.3 Å². The molecule has 3 rings (SSSR count). The molecular weight excluding hydrogens is 327 g/mol. The predicted molar refractivity (Wildman–Crippen MR) is 87.4 cm³/mol. The van der Waals surface area contributed by atoms with Gasteiger partial charge in [-0.3, -0.25) is 0 Å². The molecular formula is C17H21FN4O3. The van der Waals surface area contributed by atoms with Gasteiger partial charge < -0.3 is 19.9 Å². The molecule has 1 aromatic heterocycles. The van der Waals surface area contributed by atoms with Crippen LogP contribution in [0, 0.1) is 18.7 Å². The van der Waals surface area contributed by atoms with Crippen molar-refractivity contribution in [2.75, 3.05) is 6.61 Å². The highest BCUT2D eigenvalue weighted by Gasteiger charge is 2.22. The minimum Gasteiger partial charge on any atom is -0.490 e. The summed E-state index contributed by atoms with van der Waals surface area (Å²) in [6.07, 6.45) is 2.30. The van der Waals surface area contributed by atoms with Crippen LogP contribution in [0.3, 0.4) is 0 Å². The lowest BCUT2D eigenvalue weighted by Gasteiger charge is -2.16. The second-order valence-electron chi connectivity index (χ2n) is 6.22. The molecule has 1 aliphatic rings. The van der Waals surface area contributed by atoms with Gasteiger partial charge in [0.05, 0.1) is 19.2 Å². The molecule has 25 heavy (non-hydrogen) atoms. The number of nitrogens with zero attached hydrogens (tertiary/aromatic N) is 2. The number of carbonyl (C=O) groups excluding carboxylic acids is 1. The van der Waals surface area contributed by atoms with E-state index in [4.69, 9.17) is 9.26 Å². The van der Waals surface area contributed by atoms with Gasteiger partial charge in [0.1, 0.15) is 0 Å². The number of nitrogens with one attached hydrogen (secondary N) is 2. The zero-order chi connectivity index (χ0) is 17.8. The van der Waals surface area contributed by atoms with Gasteiger partial charge in [-0.2, -0.15) is 4.98 Å². The fourth-order valence-electron chi connectivity index (χ4n) is 2.30. The average molecular weight is 348 g/mol. The second kappa shape index (κ2) is 7.50. The lowest BCUT2D eigenvalue weighted by Crippen LogP contribution is -2.36. The number of hydrogen-bond acceptors (Lipinski definition) is 5. The normalized spacial score (nSPS) is 14.8. The molecule has 2 aromatic rings. The van der Waals surface area contributed by atoms with E-state index in [-0.39, 0.29) is 18.3 Å². The average Bonchev–Trinajstić information content (AvgIpc) is 3.32. The number of ether oxygens (including phenoxy) is 1. The number of aromatic nitrogens is 2. The summed E-state index contributed by atoms with van der Waals surface area (Å²) in [5.41, 5.74) is 0.654. The van der Waals surface area contributed by atoms with Crippen LogP contribution in [0.4, 0.5) is 9.18 Å². The zero-order valence-corrected chi connectivity index (χ0v) is 14.2. The minimum absolute atomic E-state index is 0.151. The molecule has 0 saturated heterocycles. The molecule has 1 saturated carbocycles. The monoisotopic (exact) mass is 348 g/mol. The molecule has 0 radical (unpaired) electrons. The largest absolute Gasteiger partial charge is 0.490 e. The summed E-state index contributed by atoms with van der Waals surface area (Å²) in [4.78, 5) is 15.9. The number of urea groups is 1. The number of rotatable bonds is 7. The predicted octanol–water partition coefficient (Wildman–Crippen LogP) is 2.87. The fourth-order valence-corrected chi connectivity index (χ4v) is 2.30. The van der Waals surface area contributed by atoms with Gasteiger partial charge in [0, 0.05) is 6.92 Å². The van der Waals surface area contributed by atoms with Crippen LogP contribution in [0.5, 0.6) is 5.75 Å². The van der Waals surface area contributed by atoms with Crippen LogP contribution in [-0.4, -0.2) is 22.8 Å². The molecule has 1 aromatic carbocycles. The Morgan fingerprint density at radius 2 is 2.28 bits per heavy atom. The molecule has 1 atom stereocenters. The molecule has 0 aliphatic heterocycles. The third kappa shape index (κ3) is 4.91. The maximum atomic E-state index is 14.1. The Balaban J connectivity index is 1.50. The van der Waals surface area contributed by atoms with Gasteiger partial charge >= 0.3 is 6.03 Å². The highest BCUT2D eigenvalue weighted by atomic mass is 19.1. The number of amides is 2. The molecule has 8 heteroatoms. The maximum Gasteiger partial charge on any atom is 0.315 e. The van der Waals surface area contributed by atoms with Crippen molar-refractivity contribution in [3.8, 4) is 5.75 Å². The second-order valence-corrected chi connectivity index (χ2v) is 6.22. The molecule has 0 unspecified atom stereocenters. The number of aryl methyl sites for hydroxylation is 1. The lowest BCUT2D eigenvalue weighted by molar-refractivity contribution is 0.237. The van der Waals surface area contributed by atoms with Gasteiger partial charge in [-0.25, -0.2) is 9.18 Å². The first kappa shape index (κ1) is 17.2. The molecule has 2 N–H and O–H groups in total. The Morgan fingerprint density at radius 3 is 2.92 bits per heavy atom. The van der Waals surface area contributed by atoms with Crippen molar-refractivity contribution in [3.05, 3.63) is 41.3 Å². The molecule has 0 spiro atoms. The van der Waals surface area contributed by atoms with Crippen molar-refractivity contribution in [3.63, 3.8) is 0 Å². The summed E-state index contributed by atoms with van der Waals surface area (Å²) in [7, 11) is 0. The van der Waals surface area contributed by atoms with Gasteiger partial charge in [0.15, 0.2) is 17.4 Å². The van der Waals surface area contributed by atoms with Crippen LogP contribution < -0.4 is 15.4 Å². The first-order chi connectivity index (χ1) is 12.0. The summed E-state index contributed by atoms with van der Waals surface area (Å²) in [5, 5.41) is 9.05. The van der Waals surface area contributed by atoms with Gasteiger partial charge in [0.2, 0.25) is 5.89 Å². The molecule has 1 heterocycles. The van der Waals surface area contributed by atoms with Crippen LogP contribution >= 0.6 is 0 Å². The van der Waals surface area contributed by atoms with E-state index in [0.717, 1.165) is 12.8 Å². The fraction of sp³-hybridized carbons (Fsp3) is 0.471. The van der Waals surface area contributed by atoms with E-state index in [0.29, 0.717) is 29.8 Å². The van der Waals surface area contributed by atoms with E-state index in [1.807, 2.05) is 0 Å². The zero-order valence-electron chi connectivity index (χ0n) is 14.2. The Morgan fingerprint density at radius 1 is 1.48 bits per heavy atom. The molecule has 134 valence electrons. The Hall–Kier alpha value is -2.64. The standard InChI is InChI=1S/C17H21FN4O3/c1-10(20-17(23)19-8-16-21-11(2)25-22-16)13-5-6-15(14(18)7-13)24-9-12-3-4-12/h5-7,10,12H,3-4,8-9H2,1-2H3,(H2,19,20,23)/t10-/m0/s1.